The molecular weight excluding hydrogens is 468 g/mol. The Bertz CT molecular complexity index is 1100. The molecule has 0 radical (unpaired) electrons. The van der Waals surface area contributed by atoms with Crippen molar-refractivity contribution in [3.63, 3.8) is 0 Å². The van der Waals surface area contributed by atoms with Gasteiger partial charge in [-0.25, -0.2) is 8.42 Å². The molecule has 0 aliphatic heterocycles. The number of carbonyl (C=O) groups excluding carboxylic acids is 1. The van der Waals surface area contributed by atoms with Crippen LogP contribution in [0.1, 0.15) is 5.56 Å². The van der Waals surface area contributed by atoms with Crippen LogP contribution in [0.5, 0.6) is 5.75 Å². The summed E-state index contributed by atoms with van der Waals surface area (Å²) in [5, 5.41) is 2.75. The number of amides is 1. The van der Waals surface area contributed by atoms with Gasteiger partial charge in [-0.3, -0.25) is 9.10 Å². The van der Waals surface area contributed by atoms with Crippen LogP contribution in [0.25, 0.3) is 0 Å². The molecule has 3 aromatic rings. The van der Waals surface area contributed by atoms with Gasteiger partial charge in [-0.1, -0.05) is 52.3 Å². The first-order chi connectivity index (χ1) is 14.3. The summed E-state index contributed by atoms with van der Waals surface area (Å²) < 4.78 is 32.3. The molecular formula is C22H21BrN2O4S. The van der Waals surface area contributed by atoms with E-state index in [1.807, 2.05) is 42.5 Å². The molecule has 8 heteroatoms. The fourth-order valence-corrected chi connectivity index (χ4v) is 4.06. The second-order valence-corrected chi connectivity index (χ2v) is 9.42. The predicted octanol–water partition coefficient (Wildman–Crippen LogP) is 4.43. The van der Waals surface area contributed by atoms with E-state index in [2.05, 4.69) is 21.2 Å². The Morgan fingerprint density at radius 1 is 1.00 bits per heavy atom. The standard InChI is InChI=1S/C22H21BrN2O4S/c1-30(27,28)25(15-17-6-3-2-4-7-17)20-10-12-21(13-11-20)29-16-22(26)24-19-9-5-8-18(23)14-19/h2-14H,15-16H2,1H3,(H,24,26). The third kappa shape index (κ3) is 6.33. The van der Waals surface area contributed by atoms with Gasteiger partial charge in [-0.2, -0.15) is 0 Å². The maximum Gasteiger partial charge on any atom is 0.262 e. The lowest BCUT2D eigenvalue weighted by molar-refractivity contribution is -0.118. The van der Waals surface area contributed by atoms with Crippen LogP contribution in [0.4, 0.5) is 11.4 Å². The van der Waals surface area contributed by atoms with Crippen molar-refractivity contribution in [1.29, 1.82) is 0 Å². The van der Waals surface area contributed by atoms with E-state index in [0.29, 0.717) is 17.1 Å². The van der Waals surface area contributed by atoms with E-state index in [-0.39, 0.29) is 19.1 Å². The average Bonchev–Trinajstić information content (AvgIpc) is 2.71. The molecule has 0 saturated heterocycles. The van der Waals surface area contributed by atoms with Crippen molar-refractivity contribution in [3.05, 3.63) is 88.9 Å². The van der Waals surface area contributed by atoms with Gasteiger partial charge in [0.05, 0.1) is 18.5 Å². The Kier molecular flexibility index (Phi) is 7.12. The molecule has 156 valence electrons. The Morgan fingerprint density at radius 3 is 2.33 bits per heavy atom. The molecule has 0 heterocycles. The van der Waals surface area contributed by atoms with Crippen LogP contribution < -0.4 is 14.4 Å². The van der Waals surface area contributed by atoms with Crippen LogP contribution in [-0.4, -0.2) is 27.2 Å². The number of halogens is 1. The maximum atomic E-state index is 12.3. The SMILES string of the molecule is CS(=O)(=O)N(Cc1ccccc1)c1ccc(OCC(=O)Nc2cccc(Br)c2)cc1. The number of hydrogen-bond acceptors (Lipinski definition) is 4. The van der Waals surface area contributed by atoms with E-state index in [9.17, 15) is 13.2 Å². The molecule has 1 amide bonds. The molecule has 0 aromatic heterocycles. The van der Waals surface area contributed by atoms with Gasteiger partial charge >= 0.3 is 0 Å². The largest absolute Gasteiger partial charge is 0.484 e. The maximum absolute atomic E-state index is 12.3. The van der Waals surface area contributed by atoms with Crippen molar-refractivity contribution in [2.24, 2.45) is 0 Å². The van der Waals surface area contributed by atoms with Crippen molar-refractivity contribution in [2.75, 3.05) is 22.5 Å². The predicted molar refractivity (Wildman–Crippen MR) is 122 cm³/mol. The van der Waals surface area contributed by atoms with Crippen molar-refractivity contribution in [1.82, 2.24) is 0 Å². The summed E-state index contributed by atoms with van der Waals surface area (Å²) in [7, 11) is -3.47. The molecule has 0 fully saturated rings. The van der Waals surface area contributed by atoms with Crippen molar-refractivity contribution in [2.45, 2.75) is 6.54 Å². The zero-order valence-electron chi connectivity index (χ0n) is 16.3. The first-order valence-corrected chi connectivity index (χ1v) is 11.8. The Morgan fingerprint density at radius 2 is 1.70 bits per heavy atom. The minimum atomic E-state index is -3.47. The summed E-state index contributed by atoms with van der Waals surface area (Å²) in [4.78, 5) is 12.1. The molecule has 0 atom stereocenters. The fraction of sp³-hybridized carbons (Fsp3) is 0.136. The highest BCUT2D eigenvalue weighted by atomic mass is 79.9. The van der Waals surface area contributed by atoms with E-state index in [1.165, 1.54) is 10.6 Å². The molecule has 0 bridgehead atoms. The number of rotatable bonds is 8. The highest BCUT2D eigenvalue weighted by molar-refractivity contribution is 9.10. The highest BCUT2D eigenvalue weighted by Crippen LogP contribution is 2.24. The highest BCUT2D eigenvalue weighted by Gasteiger charge is 2.18. The van der Waals surface area contributed by atoms with Gasteiger partial charge in [0.1, 0.15) is 5.75 Å². The van der Waals surface area contributed by atoms with Gasteiger partial charge in [-0.05, 0) is 48.0 Å². The molecule has 0 unspecified atom stereocenters. The number of carbonyl (C=O) groups is 1. The summed E-state index contributed by atoms with van der Waals surface area (Å²) in [5.74, 6) is 0.176. The summed E-state index contributed by atoms with van der Waals surface area (Å²) in [5.41, 5.74) is 2.07. The smallest absolute Gasteiger partial charge is 0.262 e. The number of sulfonamides is 1. The average molecular weight is 489 g/mol. The minimum absolute atomic E-state index is 0.161. The van der Waals surface area contributed by atoms with Crippen molar-refractivity contribution < 1.29 is 17.9 Å². The van der Waals surface area contributed by atoms with Gasteiger partial charge in [0, 0.05) is 10.2 Å². The van der Waals surface area contributed by atoms with Crippen LogP contribution in [0, 0.1) is 0 Å². The second-order valence-electron chi connectivity index (χ2n) is 6.60. The van der Waals surface area contributed by atoms with Crippen LogP contribution in [0.15, 0.2) is 83.3 Å². The third-order valence-corrected chi connectivity index (χ3v) is 5.81. The topological polar surface area (TPSA) is 75.7 Å². The number of hydrogen-bond donors (Lipinski definition) is 1. The van der Waals surface area contributed by atoms with Crippen LogP contribution >= 0.6 is 15.9 Å². The third-order valence-electron chi connectivity index (χ3n) is 4.17. The number of ether oxygens (including phenoxy) is 1. The molecule has 3 rings (SSSR count). The normalized spacial score (nSPS) is 11.0. The molecule has 0 saturated carbocycles. The summed E-state index contributed by atoms with van der Waals surface area (Å²) in [6.07, 6.45) is 1.17. The van der Waals surface area contributed by atoms with Crippen LogP contribution in [0.3, 0.4) is 0 Å². The monoisotopic (exact) mass is 488 g/mol. The molecule has 1 N–H and O–H groups in total. The van der Waals surface area contributed by atoms with E-state index < -0.39 is 10.0 Å². The molecule has 3 aromatic carbocycles. The zero-order chi connectivity index (χ0) is 21.6. The lowest BCUT2D eigenvalue weighted by Gasteiger charge is -2.22. The Balaban J connectivity index is 1.63. The van der Waals surface area contributed by atoms with Gasteiger partial charge in [0.25, 0.3) is 5.91 Å². The van der Waals surface area contributed by atoms with E-state index in [4.69, 9.17) is 4.74 Å². The summed E-state index contributed by atoms with van der Waals surface area (Å²) >= 11 is 3.35. The van der Waals surface area contributed by atoms with Crippen LogP contribution in [-0.2, 0) is 21.4 Å². The molecule has 0 spiro atoms. The number of nitrogens with one attached hydrogen (secondary N) is 1. The van der Waals surface area contributed by atoms with Gasteiger partial charge < -0.3 is 10.1 Å². The lowest BCUT2D eigenvalue weighted by atomic mass is 10.2. The van der Waals surface area contributed by atoms with Crippen molar-refractivity contribution in [3.8, 4) is 5.75 Å². The Labute approximate surface area is 184 Å². The number of benzene rings is 3. The molecule has 6 nitrogen and oxygen atoms in total. The number of anilines is 2. The van der Waals surface area contributed by atoms with Crippen molar-refractivity contribution >= 4 is 43.2 Å². The second kappa shape index (κ2) is 9.77. The molecule has 0 aliphatic rings. The molecule has 0 aliphatic carbocycles. The first-order valence-electron chi connectivity index (χ1n) is 9.11. The van der Waals surface area contributed by atoms with E-state index in [1.54, 1.807) is 36.4 Å². The summed E-state index contributed by atoms with van der Waals surface area (Å²) in [6.45, 7) is 0.0700. The van der Waals surface area contributed by atoms with Gasteiger partial charge in [0.2, 0.25) is 10.0 Å². The van der Waals surface area contributed by atoms with E-state index in [0.717, 1.165) is 10.0 Å². The fourth-order valence-electron chi connectivity index (χ4n) is 2.77. The molecule has 30 heavy (non-hydrogen) atoms. The van der Waals surface area contributed by atoms with Gasteiger partial charge in [0.15, 0.2) is 6.61 Å². The van der Waals surface area contributed by atoms with E-state index >= 15 is 0 Å². The minimum Gasteiger partial charge on any atom is -0.484 e. The van der Waals surface area contributed by atoms with Gasteiger partial charge in [-0.15, -0.1) is 0 Å². The number of nitrogens with zero attached hydrogens (tertiary/aromatic N) is 1. The lowest BCUT2D eigenvalue weighted by Crippen LogP contribution is -2.29. The Hall–Kier alpha value is -2.84. The zero-order valence-corrected chi connectivity index (χ0v) is 18.7. The first kappa shape index (κ1) is 21.9. The van der Waals surface area contributed by atoms with Crippen LogP contribution in [0.2, 0.25) is 0 Å². The quantitative estimate of drug-likeness (QED) is 0.508. The summed E-state index contributed by atoms with van der Waals surface area (Å²) in [6, 6.07) is 23.2.